The predicted octanol–water partition coefficient (Wildman–Crippen LogP) is 0.572. The number of carbonyl (C=O) groups is 1. The molecule has 0 aromatic carbocycles. The zero-order valence-corrected chi connectivity index (χ0v) is 8.03. The second-order valence-electron chi connectivity index (χ2n) is 3.32. The number of morpholine rings is 1. The van der Waals surface area contributed by atoms with E-state index in [1.165, 1.54) is 0 Å². The molecular formula is C9H17NO3. The number of hydrogen-bond donors (Lipinski definition) is 1. The standard InChI is InChI=1S/C9H17NO3/c1-2-10-5-6-13-8(7-10)3-4-9(11)12/h8H,2-7H2,1H3,(H,11,12)/t8-/m1/s1. The van der Waals surface area contributed by atoms with Crippen molar-refractivity contribution < 1.29 is 14.6 Å². The summed E-state index contributed by atoms with van der Waals surface area (Å²) in [5, 5.41) is 8.50. The molecule has 13 heavy (non-hydrogen) atoms. The Labute approximate surface area is 78.5 Å². The third kappa shape index (κ3) is 3.74. The van der Waals surface area contributed by atoms with Crippen molar-refractivity contribution in [2.45, 2.75) is 25.9 Å². The Bertz CT molecular complexity index is 172. The van der Waals surface area contributed by atoms with Gasteiger partial charge in [0.2, 0.25) is 0 Å². The zero-order valence-electron chi connectivity index (χ0n) is 8.03. The van der Waals surface area contributed by atoms with E-state index in [0.29, 0.717) is 6.42 Å². The van der Waals surface area contributed by atoms with Gasteiger partial charge in [-0.1, -0.05) is 6.92 Å². The van der Waals surface area contributed by atoms with Gasteiger partial charge in [0, 0.05) is 19.5 Å². The summed E-state index contributed by atoms with van der Waals surface area (Å²) in [4.78, 5) is 12.6. The fraction of sp³-hybridized carbons (Fsp3) is 0.889. The van der Waals surface area contributed by atoms with E-state index in [2.05, 4.69) is 11.8 Å². The fourth-order valence-corrected chi connectivity index (χ4v) is 1.53. The summed E-state index contributed by atoms with van der Waals surface area (Å²) in [6, 6.07) is 0. The number of likely N-dealkylation sites (N-methyl/N-ethyl adjacent to an activating group) is 1. The van der Waals surface area contributed by atoms with Crippen LogP contribution in [-0.2, 0) is 9.53 Å². The van der Waals surface area contributed by atoms with Crippen LogP contribution in [0.4, 0.5) is 0 Å². The minimum atomic E-state index is -0.739. The van der Waals surface area contributed by atoms with E-state index >= 15 is 0 Å². The summed E-state index contributed by atoms with van der Waals surface area (Å²) in [5.41, 5.74) is 0. The van der Waals surface area contributed by atoms with Crippen LogP contribution in [0.15, 0.2) is 0 Å². The van der Waals surface area contributed by atoms with Gasteiger partial charge in [0.05, 0.1) is 12.7 Å². The van der Waals surface area contributed by atoms with E-state index in [4.69, 9.17) is 9.84 Å². The molecule has 0 radical (unpaired) electrons. The first-order valence-electron chi connectivity index (χ1n) is 4.78. The van der Waals surface area contributed by atoms with Crippen molar-refractivity contribution in [2.24, 2.45) is 0 Å². The van der Waals surface area contributed by atoms with Crippen molar-refractivity contribution in [2.75, 3.05) is 26.2 Å². The van der Waals surface area contributed by atoms with Crippen molar-refractivity contribution in [3.05, 3.63) is 0 Å². The Kier molecular flexibility index (Phi) is 4.18. The second kappa shape index (κ2) is 5.19. The molecule has 4 nitrogen and oxygen atoms in total. The van der Waals surface area contributed by atoms with E-state index in [1.807, 2.05) is 0 Å². The topological polar surface area (TPSA) is 49.8 Å². The number of carboxylic acids is 1. The van der Waals surface area contributed by atoms with Crippen LogP contribution in [0.3, 0.4) is 0 Å². The number of rotatable bonds is 4. The van der Waals surface area contributed by atoms with Crippen molar-refractivity contribution in [1.29, 1.82) is 0 Å². The van der Waals surface area contributed by atoms with Crippen LogP contribution >= 0.6 is 0 Å². The van der Waals surface area contributed by atoms with E-state index in [1.54, 1.807) is 0 Å². The van der Waals surface area contributed by atoms with Crippen molar-refractivity contribution in [3.63, 3.8) is 0 Å². The maximum atomic E-state index is 10.3. The molecule has 0 aliphatic carbocycles. The van der Waals surface area contributed by atoms with E-state index in [9.17, 15) is 4.79 Å². The van der Waals surface area contributed by atoms with Gasteiger partial charge in [0.15, 0.2) is 0 Å². The SMILES string of the molecule is CCN1CCO[C@H](CCC(=O)O)C1. The number of ether oxygens (including phenoxy) is 1. The largest absolute Gasteiger partial charge is 0.481 e. The summed E-state index contributed by atoms with van der Waals surface area (Å²) in [6.07, 6.45) is 0.957. The van der Waals surface area contributed by atoms with Crippen LogP contribution in [0.1, 0.15) is 19.8 Å². The highest BCUT2D eigenvalue weighted by Gasteiger charge is 2.19. The highest BCUT2D eigenvalue weighted by Crippen LogP contribution is 2.09. The normalized spacial score (nSPS) is 24.5. The molecule has 1 saturated heterocycles. The summed E-state index contributed by atoms with van der Waals surface area (Å²) in [7, 11) is 0. The molecule has 1 atom stereocenters. The minimum absolute atomic E-state index is 0.116. The fourth-order valence-electron chi connectivity index (χ4n) is 1.53. The van der Waals surface area contributed by atoms with Gasteiger partial charge in [-0.25, -0.2) is 0 Å². The molecule has 1 heterocycles. The van der Waals surface area contributed by atoms with E-state index in [-0.39, 0.29) is 12.5 Å². The Morgan fingerprint density at radius 2 is 2.46 bits per heavy atom. The molecule has 1 N–H and O–H groups in total. The van der Waals surface area contributed by atoms with Crippen molar-refractivity contribution >= 4 is 5.97 Å². The first kappa shape index (κ1) is 10.5. The number of carboxylic acid groups (broad SMARTS) is 1. The first-order valence-corrected chi connectivity index (χ1v) is 4.78. The molecule has 1 rings (SSSR count). The maximum Gasteiger partial charge on any atom is 0.303 e. The molecule has 1 fully saturated rings. The summed E-state index contributed by atoms with van der Waals surface area (Å²) >= 11 is 0. The quantitative estimate of drug-likeness (QED) is 0.699. The van der Waals surface area contributed by atoms with Gasteiger partial charge in [0.1, 0.15) is 0 Å². The molecule has 0 bridgehead atoms. The number of nitrogens with zero attached hydrogens (tertiary/aromatic N) is 1. The molecule has 1 aliphatic rings. The average Bonchev–Trinajstić information content (AvgIpc) is 2.15. The molecule has 76 valence electrons. The zero-order chi connectivity index (χ0) is 9.68. The molecule has 0 spiro atoms. The molecule has 0 unspecified atom stereocenters. The Balaban J connectivity index is 2.21. The van der Waals surface area contributed by atoms with Crippen LogP contribution in [0, 0.1) is 0 Å². The summed E-state index contributed by atoms with van der Waals surface area (Å²) in [5.74, 6) is -0.739. The summed E-state index contributed by atoms with van der Waals surface area (Å²) in [6.45, 7) is 5.72. The Morgan fingerprint density at radius 3 is 3.08 bits per heavy atom. The van der Waals surface area contributed by atoms with Crippen LogP contribution < -0.4 is 0 Å². The maximum absolute atomic E-state index is 10.3. The molecule has 1 aliphatic heterocycles. The van der Waals surface area contributed by atoms with Crippen molar-refractivity contribution in [1.82, 2.24) is 4.90 Å². The van der Waals surface area contributed by atoms with Gasteiger partial charge in [-0.3, -0.25) is 9.69 Å². The predicted molar refractivity (Wildman–Crippen MR) is 48.7 cm³/mol. The van der Waals surface area contributed by atoms with Gasteiger partial charge in [-0.15, -0.1) is 0 Å². The third-order valence-corrected chi connectivity index (χ3v) is 2.35. The Morgan fingerprint density at radius 1 is 1.69 bits per heavy atom. The molecule has 0 aromatic rings. The van der Waals surface area contributed by atoms with Crippen LogP contribution in [0.25, 0.3) is 0 Å². The lowest BCUT2D eigenvalue weighted by molar-refractivity contribution is -0.138. The third-order valence-electron chi connectivity index (χ3n) is 2.35. The van der Waals surface area contributed by atoms with Crippen LogP contribution in [0.5, 0.6) is 0 Å². The smallest absolute Gasteiger partial charge is 0.303 e. The van der Waals surface area contributed by atoms with Crippen molar-refractivity contribution in [3.8, 4) is 0 Å². The number of aliphatic carboxylic acids is 1. The summed E-state index contributed by atoms with van der Waals surface area (Å²) < 4.78 is 5.46. The van der Waals surface area contributed by atoms with Gasteiger partial charge in [-0.2, -0.15) is 0 Å². The lowest BCUT2D eigenvalue weighted by Gasteiger charge is -2.31. The number of hydrogen-bond acceptors (Lipinski definition) is 3. The molecule has 4 heteroatoms. The minimum Gasteiger partial charge on any atom is -0.481 e. The van der Waals surface area contributed by atoms with Gasteiger partial charge >= 0.3 is 5.97 Å². The molecule has 0 saturated carbocycles. The second-order valence-corrected chi connectivity index (χ2v) is 3.32. The molecule has 0 aromatic heterocycles. The van der Waals surface area contributed by atoms with E-state index < -0.39 is 5.97 Å². The van der Waals surface area contributed by atoms with E-state index in [0.717, 1.165) is 26.2 Å². The monoisotopic (exact) mass is 187 g/mol. The van der Waals surface area contributed by atoms with Gasteiger partial charge in [-0.05, 0) is 13.0 Å². The van der Waals surface area contributed by atoms with Crippen LogP contribution in [0.2, 0.25) is 0 Å². The van der Waals surface area contributed by atoms with Crippen LogP contribution in [-0.4, -0.2) is 48.3 Å². The first-order chi connectivity index (χ1) is 6.22. The molecule has 0 amide bonds. The Hall–Kier alpha value is -0.610. The highest BCUT2D eigenvalue weighted by molar-refractivity contribution is 5.66. The van der Waals surface area contributed by atoms with Gasteiger partial charge < -0.3 is 9.84 Å². The lowest BCUT2D eigenvalue weighted by Crippen LogP contribution is -2.42. The molecular weight excluding hydrogens is 170 g/mol. The van der Waals surface area contributed by atoms with Gasteiger partial charge in [0.25, 0.3) is 0 Å². The highest BCUT2D eigenvalue weighted by atomic mass is 16.5. The average molecular weight is 187 g/mol. The lowest BCUT2D eigenvalue weighted by atomic mass is 10.1.